The van der Waals surface area contributed by atoms with Crippen LogP contribution in [0.2, 0.25) is 0 Å². The number of benzene rings is 1. The van der Waals surface area contributed by atoms with E-state index < -0.39 is 24.5 Å². The van der Waals surface area contributed by atoms with E-state index >= 15 is 0 Å². The molecule has 0 spiro atoms. The van der Waals surface area contributed by atoms with E-state index in [0.29, 0.717) is 5.56 Å². The van der Waals surface area contributed by atoms with Gasteiger partial charge in [-0.2, -0.15) is 13.2 Å². The van der Waals surface area contributed by atoms with Crippen molar-refractivity contribution in [1.82, 2.24) is 0 Å². The maximum absolute atomic E-state index is 13.5. The molecule has 1 rings (SSSR count). The molecule has 0 aromatic heterocycles. The zero-order chi connectivity index (χ0) is 13.2. The van der Waals surface area contributed by atoms with Gasteiger partial charge in [0.2, 0.25) is 0 Å². The number of hydrogen-bond donors (Lipinski definition) is 1. The summed E-state index contributed by atoms with van der Waals surface area (Å²) in [6.07, 6.45) is -5.19. The molecule has 0 radical (unpaired) electrons. The second kappa shape index (κ2) is 4.91. The molecule has 17 heavy (non-hydrogen) atoms. The molecule has 1 atom stereocenters. The molecule has 1 aromatic rings. The van der Waals surface area contributed by atoms with E-state index in [4.69, 9.17) is 10.5 Å². The van der Waals surface area contributed by atoms with Crippen molar-refractivity contribution in [2.75, 3.05) is 7.11 Å². The number of methoxy groups -OCH3 is 1. The first-order valence-electron chi connectivity index (χ1n) is 4.91. The lowest BCUT2D eigenvalue weighted by Gasteiger charge is -2.18. The predicted molar refractivity (Wildman–Crippen MR) is 55.4 cm³/mol. The van der Waals surface area contributed by atoms with Gasteiger partial charge in [-0.15, -0.1) is 0 Å². The van der Waals surface area contributed by atoms with Crippen molar-refractivity contribution in [3.05, 3.63) is 29.1 Å². The SMILES string of the molecule is COc1cc(C)cc(F)c1CC(N)C(F)(F)F. The van der Waals surface area contributed by atoms with Crippen molar-refractivity contribution in [2.24, 2.45) is 5.73 Å². The first kappa shape index (κ1) is 13.8. The third kappa shape index (κ3) is 3.33. The van der Waals surface area contributed by atoms with Crippen LogP contribution in [0.1, 0.15) is 11.1 Å². The van der Waals surface area contributed by atoms with E-state index in [1.165, 1.54) is 13.2 Å². The van der Waals surface area contributed by atoms with Crippen molar-refractivity contribution in [2.45, 2.75) is 25.6 Å². The quantitative estimate of drug-likeness (QED) is 0.838. The second-order valence-corrected chi connectivity index (χ2v) is 3.78. The molecule has 0 amide bonds. The Kier molecular flexibility index (Phi) is 3.98. The Bertz CT molecular complexity index is 403. The fraction of sp³-hybridized carbons (Fsp3) is 0.455. The summed E-state index contributed by atoms with van der Waals surface area (Å²) in [5, 5.41) is 0. The molecular formula is C11H13F4NO. The number of hydrogen-bond acceptors (Lipinski definition) is 2. The van der Waals surface area contributed by atoms with Gasteiger partial charge in [-0.1, -0.05) is 0 Å². The Morgan fingerprint density at radius 3 is 2.41 bits per heavy atom. The minimum Gasteiger partial charge on any atom is -0.496 e. The zero-order valence-corrected chi connectivity index (χ0v) is 9.44. The molecule has 1 unspecified atom stereocenters. The predicted octanol–water partition coefficient (Wildman–Crippen LogP) is 2.57. The van der Waals surface area contributed by atoms with Gasteiger partial charge >= 0.3 is 6.18 Å². The number of nitrogens with two attached hydrogens (primary N) is 1. The molecule has 1 aromatic carbocycles. The lowest BCUT2D eigenvalue weighted by atomic mass is 10.0. The Balaban J connectivity index is 3.06. The summed E-state index contributed by atoms with van der Waals surface area (Å²) < 4.78 is 55.3. The van der Waals surface area contributed by atoms with Gasteiger partial charge in [0.05, 0.1) is 7.11 Å². The Labute approximate surface area is 96.4 Å². The summed E-state index contributed by atoms with van der Waals surface area (Å²) in [4.78, 5) is 0. The molecule has 0 heterocycles. The van der Waals surface area contributed by atoms with Crippen LogP contribution in [0, 0.1) is 12.7 Å². The van der Waals surface area contributed by atoms with Gasteiger partial charge in [0.15, 0.2) is 0 Å². The lowest BCUT2D eigenvalue weighted by Crippen LogP contribution is -2.39. The molecular weight excluding hydrogens is 238 g/mol. The molecule has 0 saturated carbocycles. The van der Waals surface area contributed by atoms with Crippen LogP contribution in [0.3, 0.4) is 0 Å². The van der Waals surface area contributed by atoms with Crippen molar-refractivity contribution in [1.29, 1.82) is 0 Å². The van der Waals surface area contributed by atoms with E-state index in [9.17, 15) is 17.6 Å². The monoisotopic (exact) mass is 251 g/mol. The van der Waals surface area contributed by atoms with Gasteiger partial charge in [-0.25, -0.2) is 4.39 Å². The number of halogens is 4. The molecule has 2 N–H and O–H groups in total. The first-order chi connectivity index (χ1) is 7.75. The van der Waals surface area contributed by atoms with Gasteiger partial charge in [-0.05, 0) is 24.6 Å². The molecule has 0 aliphatic carbocycles. The average molecular weight is 251 g/mol. The van der Waals surface area contributed by atoms with Gasteiger partial charge in [-0.3, -0.25) is 0 Å². The second-order valence-electron chi connectivity index (χ2n) is 3.78. The standard InChI is InChI=1S/C11H13F4NO/c1-6-3-8(12)7(9(4-6)17-2)5-10(16)11(13,14)15/h3-4,10H,5,16H2,1-2H3. The summed E-state index contributed by atoms with van der Waals surface area (Å²) in [5.41, 5.74) is 5.39. The highest BCUT2D eigenvalue weighted by atomic mass is 19.4. The van der Waals surface area contributed by atoms with Gasteiger partial charge in [0.1, 0.15) is 17.6 Å². The van der Waals surface area contributed by atoms with Crippen LogP contribution in [-0.4, -0.2) is 19.3 Å². The highest BCUT2D eigenvalue weighted by molar-refractivity contribution is 5.39. The van der Waals surface area contributed by atoms with E-state index in [-0.39, 0.29) is 11.3 Å². The molecule has 0 aliphatic heterocycles. The summed E-state index contributed by atoms with van der Waals surface area (Å²) in [6, 6.07) is 0.524. The highest BCUT2D eigenvalue weighted by Crippen LogP contribution is 2.28. The smallest absolute Gasteiger partial charge is 0.403 e. The number of ether oxygens (including phenoxy) is 1. The summed E-state index contributed by atoms with van der Waals surface area (Å²) in [5.74, 6) is -0.649. The molecule has 0 bridgehead atoms. The van der Waals surface area contributed by atoms with Crippen LogP contribution < -0.4 is 10.5 Å². The van der Waals surface area contributed by atoms with Crippen LogP contribution in [0.4, 0.5) is 17.6 Å². The molecule has 0 fully saturated rings. The number of alkyl halides is 3. The molecule has 0 saturated heterocycles. The van der Waals surface area contributed by atoms with Gasteiger partial charge in [0, 0.05) is 12.0 Å². The lowest BCUT2D eigenvalue weighted by molar-refractivity contribution is -0.147. The number of rotatable bonds is 3. The van der Waals surface area contributed by atoms with Crippen molar-refractivity contribution in [3.63, 3.8) is 0 Å². The van der Waals surface area contributed by atoms with Crippen LogP contribution in [0.25, 0.3) is 0 Å². The van der Waals surface area contributed by atoms with Gasteiger partial charge < -0.3 is 10.5 Å². The maximum Gasteiger partial charge on any atom is 0.403 e. The van der Waals surface area contributed by atoms with Crippen LogP contribution in [0.15, 0.2) is 12.1 Å². The van der Waals surface area contributed by atoms with Crippen molar-refractivity contribution in [3.8, 4) is 5.75 Å². The summed E-state index contributed by atoms with van der Waals surface area (Å²) in [6.45, 7) is 1.62. The highest BCUT2D eigenvalue weighted by Gasteiger charge is 2.37. The Morgan fingerprint density at radius 2 is 1.94 bits per heavy atom. The normalized spacial score (nSPS) is 13.6. The maximum atomic E-state index is 13.5. The van der Waals surface area contributed by atoms with E-state index in [0.717, 1.165) is 6.07 Å². The van der Waals surface area contributed by atoms with Crippen molar-refractivity contribution >= 4 is 0 Å². The average Bonchev–Trinajstić information content (AvgIpc) is 2.19. The van der Waals surface area contributed by atoms with Crippen LogP contribution >= 0.6 is 0 Å². The first-order valence-corrected chi connectivity index (χ1v) is 4.91. The van der Waals surface area contributed by atoms with E-state index in [1.54, 1.807) is 6.92 Å². The molecule has 0 aliphatic rings. The molecule has 96 valence electrons. The van der Waals surface area contributed by atoms with Crippen LogP contribution in [-0.2, 0) is 6.42 Å². The molecule has 2 nitrogen and oxygen atoms in total. The third-order valence-corrected chi connectivity index (χ3v) is 2.36. The fourth-order valence-electron chi connectivity index (χ4n) is 1.46. The Morgan fingerprint density at radius 1 is 1.35 bits per heavy atom. The number of aryl methyl sites for hydroxylation is 1. The van der Waals surface area contributed by atoms with E-state index in [2.05, 4.69) is 0 Å². The molecule has 6 heteroatoms. The van der Waals surface area contributed by atoms with E-state index in [1.807, 2.05) is 0 Å². The van der Waals surface area contributed by atoms with Crippen LogP contribution in [0.5, 0.6) is 5.75 Å². The topological polar surface area (TPSA) is 35.2 Å². The Hall–Kier alpha value is -1.30. The zero-order valence-electron chi connectivity index (χ0n) is 9.44. The largest absolute Gasteiger partial charge is 0.496 e. The summed E-state index contributed by atoms with van der Waals surface area (Å²) >= 11 is 0. The van der Waals surface area contributed by atoms with Gasteiger partial charge in [0.25, 0.3) is 0 Å². The third-order valence-electron chi connectivity index (χ3n) is 2.36. The van der Waals surface area contributed by atoms with Crippen molar-refractivity contribution < 1.29 is 22.3 Å². The minimum absolute atomic E-state index is 0.0854. The minimum atomic E-state index is -4.55. The fourth-order valence-corrected chi connectivity index (χ4v) is 1.46. The summed E-state index contributed by atoms with van der Waals surface area (Å²) in [7, 11) is 1.27.